The summed E-state index contributed by atoms with van der Waals surface area (Å²) >= 11 is 0. The first kappa shape index (κ1) is 13.7. The van der Waals surface area contributed by atoms with E-state index in [1.165, 1.54) is 0 Å². The van der Waals surface area contributed by atoms with Gasteiger partial charge in [-0.3, -0.25) is 4.79 Å². The van der Waals surface area contributed by atoms with Crippen LogP contribution in [0.3, 0.4) is 0 Å². The molecule has 0 fully saturated rings. The first-order valence-corrected chi connectivity index (χ1v) is 5.69. The predicted octanol–water partition coefficient (Wildman–Crippen LogP) is 0.312. The van der Waals surface area contributed by atoms with Crippen molar-refractivity contribution in [2.75, 3.05) is 34.4 Å². The highest BCUT2D eigenvalue weighted by Gasteiger charge is 2.07. The first-order valence-electron chi connectivity index (χ1n) is 5.69. The van der Waals surface area contributed by atoms with Gasteiger partial charge in [0.2, 0.25) is 5.91 Å². The topological polar surface area (TPSA) is 46.5 Å². The molecule has 0 unspecified atom stereocenters. The molecule has 1 aromatic heterocycles. The minimum Gasteiger partial charge on any atom is -0.383 e. The second-order valence-corrected chi connectivity index (χ2v) is 4.09. The van der Waals surface area contributed by atoms with Gasteiger partial charge >= 0.3 is 0 Å². The van der Waals surface area contributed by atoms with E-state index in [1.807, 2.05) is 22.9 Å². The summed E-state index contributed by atoms with van der Waals surface area (Å²) in [5, 5.41) is 3.26. The summed E-state index contributed by atoms with van der Waals surface area (Å²) in [5.41, 5.74) is 1.11. The summed E-state index contributed by atoms with van der Waals surface area (Å²) in [5.74, 6) is 0.0966. The van der Waals surface area contributed by atoms with Gasteiger partial charge < -0.3 is 19.5 Å². The van der Waals surface area contributed by atoms with Crippen LogP contribution in [-0.2, 0) is 22.6 Å². The van der Waals surface area contributed by atoms with Crippen molar-refractivity contribution >= 4 is 5.91 Å². The maximum Gasteiger partial charge on any atom is 0.241 e. The Hall–Kier alpha value is -1.33. The third-order valence-electron chi connectivity index (χ3n) is 2.52. The lowest BCUT2D eigenvalue weighted by atomic mass is 10.4. The molecule has 0 spiro atoms. The van der Waals surface area contributed by atoms with Crippen LogP contribution in [0, 0.1) is 0 Å². The largest absolute Gasteiger partial charge is 0.383 e. The molecule has 1 aromatic rings. The molecule has 5 heteroatoms. The van der Waals surface area contributed by atoms with E-state index in [1.54, 1.807) is 26.1 Å². The van der Waals surface area contributed by atoms with Crippen LogP contribution in [0.15, 0.2) is 18.3 Å². The average Bonchev–Trinajstić information content (AvgIpc) is 2.72. The van der Waals surface area contributed by atoms with Crippen LogP contribution in [0.25, 0.3) is 0 Å². The number of carbonyl (C=O) groups excluding carboxylic acids is 1. The Labute approximate surface area is 102 Å². The maximum absolute atomic E-state index is 11.6. The molecule has 1 amide bonds. The fourth-order valence-electron chi connectivity index (χ4n) is 1.44. The fourth-order valence-corrected chi connectivity index (χ4v) is 1.44. The Bertz CT molecular complexity index is 347. The number of ether oxygens (including phenoxy) is 1. The van der Waals surface area contributed by atoms with Crippen molar-refractivity contribution in [3.8, 4) is 0 Å². The van der Waals surface area contributed by atoms with Crippen molar-refractivity contribution in [3.05, 3.63) is 24.0 Å². The molecule has 0 bridgehead atoms. The monoisotopic (exact) mass is 239 g/mol. The predicted molar refractivity (Wildman–Crippen MR) is 66.7 cm³/mol. The summed E-state index contributed by atoms with van der Waals surface area (Å²) < 4.78 is 6.92. The molecule has 0 saturated heterocycles. The van der Waals surface area contributed by atoms with Crippen LogP contribution in [0.1, 0.15) is 5.69 Å². The minimum atomic E-state index is 0.0966. The highest BCUT2D eigenvalue weighted by molar-refractivity contribution is 5.75. The second kappa shape index (κ2) is 7.09. The van der Waals surface area contributed by atoms with Crippen LogP contribution >= 0.6 is 0 Å². The quantitative estimate of drug-likeness (QED) is 0.697. The Kier molecular flexibility index (Phi) is 5.72. The smallest absolute Gasteiger partial charge is 0.241 e. The van der Waals surface area contributed by atoms with E-state index in [4.69, 9.17) is 4.74 Å². The second-order valence-electron chi connectivity index (χ2n) is 4.09. The van der Waals surface area contributed by atoms with E-state index in [-0.39, 0.29) is 5.91 Å². The van der Waals surface area contributed by atoms with Crippen LogP contribution in [0.4, 0.5) is 0 Å². The number of nitrogens with zero attached hydrogens (tertiary/aromatic N) is 2. The molecular weight excluding hydrogens is 218 g/mol. The summed E-state index contributed by atoms with van der Waals surface area (Å²) in [6.07, 6.45) is 1.93. The van der Waals surface area contributed by atoms with Gasteiger partial charge in [-0.1, -0.05) is 0 Å². The molecule has 0 atom stereocenters. The molecule has 0 aromatic carbocycles. The van der Waals surface area contributed by atoms with Gasteiger partial charge in [0.1, 0.15) is 6.54 Å². The number of carbonyl (C=O) groups is 1. The Morgan fingerprint density at radius 3 is 2.94 bits per heavy atom. The number of aromatic nitrogens is 1. The van der Waals surface area contributed by atoms with Gasteiger partial charge in [-0.2, -0.15) is 0 Å². The number of hydrogen-bond acceptors (Lipinski definition) is 3. The molecule has 0 saturated carbocycles. The van der Waals surface area contributed by atoms with E-state index in [2.05, 4.69) is 5.32 Å². The number of rotatable bonds is 7. The first-order chi connectivity index (χ1) is 8.15. The van der Waals surface area contributed by atoms with E-state index >= 15 is 0 Å². The van der Waals surface area contributed by atoms with Crippen molar-refractivity contribution in [2.24, 2.45) is 0 Å². The molecule has 5 nitrogen and oxygen atoms in total. The number of likely N-dealkylation sites (N-methyl/N-ethyl adjacent to an activating group) is 1. The van der Waals surface area contributed by atoms with Gasteiger partial charge in [-0.15, -0.1) is 0 Å². The van der Waals surface area contributed by atoms with Gasteiger partial charge in [-0.25, -0.2) is 0 Å². The van der Waals surface area contributed by atoms with Crippen LogP contribution in [0.5, 0.6) is 0 Å². The average molecular weight is 239 g/mol. The molecule has 1 N–H and O–H groups in total. The highest BCUT2D eigenvalue weighted by atomic mass is 16.5. The molecule has 0 aliphatic rings. The van der Waals surface area contributed by atoms with Crippen molar-refractivity contribution in [1.29, 1.82) is 0 Å². The maximum atomic E-state index is 11.6. The number of methoxy groups -OCH3 is 1. The van der Waals surface area contributed by atoms with Gasteiger partial charge in [0.15, 0.2) is 0 Å². The lowest BCUT2D eigenvalue weighted by Crippen LogP contribution is -2.27. The molecule has 1 heterocycles. The molecule has 0 radical (unpaired) electrons. The van der Waals surface area contributed by atoms with Crippen LogP contribution in [0.2, 0.25) is 0 Å². The molecule has 1 rings (SSSR count). The molecule has 0 aliphatic heterocycles. The van der Waals surface area contributed by atoms with Crippen molar-refractivity contribution in [2.45, 2.75) is 13.1 Å². The fraction of sp³-hybridized carbons (Fsp3) is 0.583. The SMILES string of the molecule is COCCNCc1cccn1CC(=O)N(C)C. The summed E-state index contributed by atoms with van der Waals surface area (Å²) in [7, 11) is 5.21. The van der Waals surface area contributed by atoms with Gasteiger partial charge in [0, 0.05) is 46.2 Å². The summed E-state index contributed by atoms with van der Waals surface area (Å²) in [4.78, 5) is 13.2. The van der Waals surface area contributed by atoms with Crippen molar-refractivity contribution in [3.63, 3.8) is 0 Å². The Balaban J connectivity index is 2.45. The molecule has 0 aliphatic carbocycles. The van der Waals surface area contributed by atoms with Crippen LogP contribution < -0.4 is 5.32 Å². The third-order valence-corrected chi connectivity index (χ3v) is 2.52. The van der Waals surface area contributed by atoms with E-state index in [9.17, 15) is 4.79 Å². The van der Waals surface area contributed by atoms with Crippen molar-refractivity contribution in [1.82, 2.24) is 14.8 Å². The molecule has 96 valence electrons. The van der Waals surface area contributed by atoms with E-state index in [0.717, 1.165) is 18.8 Å². The Morgan fingerprint density at radius 1 is 1.53 bits per heavy atom. The van der Waals surface area contributed by atoms with Gasteiger partial charge in [-0.05, 0) is 12.1 Å². The third kappa shape index (κ3) is 4.58. The standard InChI is InChI=1S/C12H21N3O2/c1-14(2)12(16)10-15-7-4-5-11(15)9-13-6-8-17-3/h4-5,7,13H,6,8-10H2,1-3H3. The minimum absolute atomic E-state index is 0.0966. The van der Waals surface area contributed by atoms with Crippen LogP contribution in [-0.4, -0.2) is 49.7 Å². The highest BCUT2D eigenvalue weighted by Crippen LogP contribution is 2.02. The number of amides is 1. The normalized spacial score (nSPS) is 10.5. The van der Waals surface area contributed by atoms with Gasteiger partial charge in [0.05, 0.1) is 6.61 Å². The lowest BCUT2D eigenvalue weighted by Gasteiger charge is -2.13. The van der Waals surface area contributed by atoms with Crippen molar-refractivity contribution < 1.29 is 9.53 Å². The Morgan fingerprint density at radius 2 is 2.29 bits per heavy atom. The van der Waals surface area contributed by atoms with Gasteiger partial charge in [0.25, 0.3) is 0 Å². The summed E-state index contributed by atoms with van der Waals surface area (Å²) in [6, 6.07) is 3.97. The molecular formula is C12H21N3O2. The zero-order valence-electron chi connectivity index (χ0n) is 10.8. The number of nitrogens with one attached hydrogen (secondary N) is 1. The lowest BCUT2D eigenvalue weighted by molar-refractivity contribution is -0.129. The number of hydrogen-bond donors (Lipinski definition) is 1. The molecule has 17 heavy (non-hydrogen) atoms. The zero-order chi connectivity index (χ0) is 12.7. The van der Waals surface area contributed by atoms with E-state index < -0.39 is 0 Å². The summed E-state index contributed by atoms with van der Waals surface area (Å²) in [6.45, 7) is 2.64. The van der Waals surface area contributed by atoms with E-state index in [0.29, 0.717) is 13.2 Å². The zero-order valence-corrected chi connectivity index (χ0v) is 10.8.